The van der Waals surface area contributed by atoms with Gasteiger partial charge in [-0.1, -0.05) is 30.4 Å². The maximum absolute atomic E-state index is 12.5. The summed E-state index contributed by atoms with van der Waals surface area (Å²) in [4.78, 5) is 21.5. The Morgan fingerprint density at radius 1 is 1.11 bits per heavy atom. The molecule has 3 aromatic rings. The summed E-state index contributed by atoms with van der Waals surface area (Å²) in [7, 11) is 0. The fourth-order valence-electron chi connectivity index (χ4n) is 4.55. The fourth-order valence-corrected chi connectivity index (χ4v) is 4.55. The number of para-hydroxylation sites is 2. The number of nitrogens with one attached hydrogen (secondary N) is 1. The molecule has 1 aromatic carbocycles. The van der Waals surface area contributed by atoms with Crippen LogP contribution in [0.1, 0.15) is 24.8 Å². The first-order valence-electron chi connectivity index (χ1n) is 9.59. The molecule has 0 unspecified atom stereocenters. The Hall–Kier alpha value is -2.95. The lowest BCUT2D eigenvalue weighted by Crippen LogP contribution is -2.27. The molecule has 2 aromatic heterocycles. The average molecular weight is 358 g/mol. The van der Waals surface area contributed by atoms with Gasteiger partial charge in [-0.25, -0.2) is 9.97 Å². The number of allylic oxidation sites excluding steroid dienone is 2. The second-order valence-corrected chi connectivity index (χ2v) is 7.61. The number of pyridine rings is 1. The molecule has 5 heteroatoms. The van der Waals surface area contributed by atoms with Crippen LogP contribution in [0.3, 0.4) is 0 Å². The molecule has 1 amide bonds. The Bertz CT molecular complexity index is 1020. The van der Waals surface area contributed by atoms with Gasteiger partial charge in [0.15, 0.2) is 0 Å². The third kappa shape index (κ3) is 3.03. The van der Waals surface area contributed by atoms with Crippen LogP contribution in [0.5, 0.6) is 0 Å². The number of hydrogen-bond acceptors (Lipinski definition) is 3. The first kappa shape index (κ1) is 16.2. The number of carbonyl (C=O) groups is 1. The first-order chi connectivity index (χ1) is 13.3. The van der Waals surface area contributed by atoms with Gasteiger partial charge in [0, 0.05) is 24.7 Å². The molecule has 0 radical (unpaired) electrons. The number of aromatic nitrogens is 3. The van der Waals surface area contributed by atoms with Crippen molar-refractivity contribution in [1.82, 2.24) is 19.9 Å². The van der Waals surface area contributed by atoms with E-state index < -0.39 is 0 Å². The molecule has 1 saturated carbocycles. The molecule has 1 fully saturated rings. The Kier molecular flexibility index (Phi) is 4.00. The van der Waals surface area contributed by atoms with Crippen molar-refractivity contribution < 1.29 is 4.79 Å². The number of carbonyl (C=O) groups excluding carboxylic acids is 1. The summed E-state index contributed by atoms with van der Waals surface area (Å²) in [5.41, 5.74) is 2.93. The molecule has 2 aliphatic rings. The molecule has 2 aliphatic carbocycles. The van der Waals surface area contributed by atoms with Gasteiger partial charge in [-0.2, -0.15) is 0 Å². The normalized spacial score (nSPS) is 23.2. The molecule has 0 spiro atoms. The van der Waals surface area contributed by atoms with Gasteiger partial charge >= 0.3 is 0 Å². The summed E-state index contributed by atoms with van der Waals surface area (Å²) in [5, 5.41) is 3.10. The van der Waals surface area contributed by atoms with Crippen LogP contribution in [0.15, 0.2) is 61.1 Å². The molecule has 3 atom stereocenters. The number of hydrogen-bond donors (Lipinski definition) is 1. The topological polar surface area (TPSA) is 59.8 Å². The van der Waals surface area contributed by atoms with Gasteiger partial charge in [0.1, 0.15) is 12.1 Å². The van der Waals surface area contributed by atoms with Crippen molar-refractivity contribution in [2.75, 3.05) is 0 Å². The van der Waals surface area contributed by atoms with Gasteiger partial charge in [0.2, 0.25) is 5.91 Å². The highest BCUT2D eigenvalue weighted by Gasteiger charge is 2.36. The number of fused-ring (bicyclic) bond motifs is 3. The molecule has 2 heterocycles. The van der Waals surface area contributed by atoms with E-state index in [4.69, 9.17) is 0 Å². The quantitative estimate of drug-likeness (QED) is 0.709. The van der Waals surface area contributed by atoms with E-state index in [-0.39, 0.29) is 5.91 Å². The number of rotatable bonds is 5. The number of benzene rings is 1. The van der Waals surface area contributed by atoms with Crippen molar-refractivity contribution in [3.05, 3.63) is 66.6 Å². The molecule has 5 rings (SSSR count). The van der Waals surface area contributed by atoms with Gasteiger partial charge < -0.3 is 5.32 Å². The van der Waals surface area contributed by atoms with Crippen LogP contribution in [0.25, 0.3) is 16.9 Å². The lowest BCUT2D eigenvalue weighted by Gasteiger charge is -2.17. The summed E-state index contributed by atoms with van der Waals surface area (Å²) < 4.78 is 1.98. The van der Waals surface area contributed by atoms with Crippen LogP contribution in [0.2, 0.25) is 0 Å². The molecule has 27 heavy (non-hydrogen) atoms. The fraction of sp³-hybridized carbons (Fsp3) is 0.318. The zero-order chi connectivity index (χ0) is 18.2. The Morgan fingerprint density at radius 3 is 2.89 bits per heavy atom. The van der Waals surface area contributed by atoms with Crippen LogP contribution < -0.4 is 5.32 Å². The molecule has 0 saturated heterocycles. The Labute approximate surface area is 158 Å². The third-order valence-corrected chi connectivity index (χ3v) is 5.89. The lowest BCUT2D eigenvalue weighted by atomic mass is 9.90. The monoisotopic (exact) mass is 358 g/mol. The molecule has 5 nitrogen and oxygen atoms in total. The van der Waals surface area contributed by atoms with Crippen molar-refractivity contribution in [3.63, 3.8) is 0 Å². The van der Waals surface area contributed by atoms with Gasteiger partial charge in [-0.3, -0.25) is 9.36 Å². The zero-order valence-electron chi connectivity index (χ0n) is 15.1. The van der Waals surface area contributed by atoms with E-state index in [1.807, 2.05) is 41.0 Å². The molecular formula is C22H22N4O. The summed E-state index contributed by atoms with van der Waals surface area (Å²) in [5.74, 6) is 2.76. The highest BCUT2D eigenvalue weighted by molar-refractivity contribution is 5.78. The van der Waals surface area contributed by atoms with Gasteiger partial charge in [0.05, 0.1) is 11.0 Å². The first-order valence-corrected chi connectivity index (χ1v) is 9.59. The van der Waals surface area contributed by atoms with Crippen molar-refractivity contribution in [1.29, 1.82) is 0 Å². The number of amides is 1. The molecule has 0 aliphatic heterocycles. The predicted octanol–water partition coefficient (Wildman–Crippen LogP) is 3.64. The standard InChI is InChI=1S/C22H22N4O/c27-21(12-18-11-15-7-8-16(18)10-15)24-13-17-4-3-9-23-22(17)26-14-25-19-5-1-2-6-20(19)26/h1-9,14-16,18H,10-13H2,(H,24,27)/t15-,16+,18+/m1/s1. The van der Waals surface area contributed by atoms with Crippen LogP contribution in [0.4, 0.5) is 0 Å². The number of imidazole rings is 1. The molecule has 2 bridgehead atoms. The summed E-state index contributed by atoms with van der Waals surface area (Å²) in [6, 6.07) is 11.9. The maximum atomic E-state index is 12.5. The number of nitrogens with zero attached hydrogens (tertiary/aromatic N) is 3. The van der Waals surface area contributed by atoms with Gasteiger partial charge in [0.25, 0.3) is 0 Å². The highest BCUT2D eigenvalue weighted by atomic mass is 16.1. The smallest absolute Gasteiger partial charge is 0.220 e. The lowest BCUT2D eigenvalue weighted by molar-refractivity contribution is -0.122. The maximum Gasteiger partial charge on any atom is 0.220 e. The second-order valence-electron chi connectivity index (χ2n) is 7.61. The minimum atomic E-state index is 0.131. The molecule has 1 N–H and O–H groups in total. The van der Waals surface area contributed by atoms with Gasteiger partial charge in [-0.05, 0) is 48.8 Å². The summed E-state index contributed by atoms with van der Waals surface area (Å²) in [6.45, 7) is 0.477. The summed E-state index contributed by atoms with van der Waals surface area (Å²) in [6.07, 6.45) is 11.2. The van der Waals surface area contributed by atoms with Crippen molar-refractivity contribution in [2.45, 2.75) is 25.8 Å². The minimum absolute atomic E-state index is 0.131. The largest absolute Gasteiger partial charge is 0.352 e. The third-order valence-electron chi connectivity index (χ3n) is 5.89. The van der Waals surface area contributed by atoms with Crippen molar-refractivity contribution >= 4 is 16.9 Å². The van der Waals surface area contributed by atoms with E-state index >= 15 is 0 Å². The van der Waals surface area contributed by atoms with E-state index in [2.05, 4.69) is 27.4 Å². The Balaban J connectivity index is 1.31. The van der Waals surface area contributed by atoms with E-state index in [0.717, 1.165) is 28.8 Å². The molecular weight excluding hydrogens is 336 g/mol. The average Bonchev–Trinajstić information content (AvgIpc) is 3.42. The molecule has 136 valence electrons. The van der Waals surface area contributed by atoms with Crippen LogP contribution in [0, 0.1) is 17.8 Å². The second kappa shape index (κ2) is 6.65. The zero-order valence-corrected chi connectivity index (χ0v) is 15.1. The SMILES string of the molecule is O=C(C[C@@H]1C[C@@H]2C=C[C@H]1C2)NCc1cccnc1-n1cnc2ccccc21. The van der Waals surface area contributed by atoms with Crippen molar-refractivity contribution in [2.24, 2.45) is 17.8 Å². The summed E-state index contributed by atoms with van der Waals surface area (Å²) >= 11 is 0. The van der Waals surface area contributed by atoms with E-state index in [1.165, 1.54) is 6.42 Å². The van der Waals surface area contributed by atoms with Crippen LogP contribution in [-0.2, 0) is 11.3 Å². The van der Waals surface area contributed by atoms with Crippen molar-refractivity contribution in [3.8, 4) is 5.82 Å². The van der Waals surface area contributed by atoms with E-state index in [0.29, 0.717) is 30.7 Å². The highest BCUT2D eigenvalue weighted by Crippen LogP contribution is 2.44. The minimum Gasteiger partial charge on any atom is -0.352 e. The van der Waals surface area contributed by atoms with Gasteiger partial charge in [-0.15, -0.1) is 0 Å². The predicted molar refractivity (Wildman–Crippen MR) is 104 cm³/mol. The Morgan fingerprint density at radius 2 is 2.04 bits per heavy atom. The van der Waals surface area contributed by atoms with E-state index in [9.17, 15) is 4.79 Å². The van der Waals surface area contributed by atoms with E-state index in [1.54, 1.807) is 12.5 Å². The van der Waals surface area contributed by atoms with Crippen LogP contribution in [-0.4, -0.2) is 20.4 Å². The van der Waals surface area contributed by atoms with Crippen LogP contribution >= 0.6 is 0 Å².